The van der Waals surface area contributed by atoms with E-state index in [1.165, 1.54) is 238 Å². The van der Waals surface area contributed by atoms with Crippen LogP contribution in [0.15, 0.2) is 12.2 Å². The lowest BCUT2D eigenvalue weighted by atomic mass is 10.0. The van der Waals surface area contributed by atoms with Gasteiger partial charge >= 0.3 is 11.9 Å². The summed E-state index contributed by atoms with van der Waals surface area (Å²) >= 11 is 0. The van der Waals surface area contributed by atoms with Crippen LogP contribution in [-0.2, 0) is 23.8 Å². The SMILES string of the molecule is CCCCCCCC/C=C\CCCCCCCCCC(=O)OCC(COCCCCCCCCCCCCCCCCCC)OC(=O)CCCCCCCCCCCCC. The molecule has 0 aliphatic heterocycles. The first kappa shape index (κ1) is 58.6. The van der Waals surface area contributed by atoms with Crippen LogP contribution in [-0.4, -0.2) is 37.9 Å². The average Bonchev–Trinajstić information content (AvgIpc) is 3.25. The maximum Gasteiger partial charge on any atom is 0.306 e. The van der Waals surface area contributed by atoms with Crippen molar-refractivity contribution in [2.75, 3.05) is 19.8 Å². The van der Waals surface area contributed by atoms with E-state index in [1.807, 2.05) is 0 Å². The average molecular weight is 847 g/mol. The minimum atomic E-state index is -0.527. The van der Waals surface area contributed by atoms with Crippen molar-refractivity contribution in [1.82, 2.24) is 0 Å². The molecular formula is C55H106O5. The van der Waals surface area contributed by atoms with Gasteiger partial charge in [-0.15, -0.1) is 0 Å². The van der Waals surface area contributed by atoms with Crippen LogP contribution in [0.5, 0.6) is 0 Å². The lowest BCUT2D eigenvalue weighted by Crippen LogP contribution is -2.30. The van der Waals surface area contributed by atoms with E-state index in [0.29, 0.717) is 26.1 Å². The van der Waals surface area contributed by atoms with Crippen molar-refractivity contribution < 1.29 is 23.8 Å². The molecule has 356 valence electrons. The summed E-state index contributed by atoms with van der Waals surface area (Å²) in [5.41, 5.74) is 0. The van der Waals surface area contributed by atoms with Crippen molar-refractivity contribution in [2.45, 2.75) is 309 Å². The molecular weight excluding hydrogens is 741 g/mol. The summed E-state index contributed by atoms with van der Waals surface area (Å²) in [4.78, 5) is 25.4. The van der Waals surface area contributed by atoms with E-state index in [9.17, 15) is 9.59 Å². The summed E-state index contributed by atoms with van der Waals surface area (Å²) in [6.07, 6.45) is 59.3. The van der Waals surface area contributed by atoms with Gasteiger partial charge in [0.1, 0.15) is 6.61 Å². The number of rotatable bonds is 51. The topological polar surface area (TPSA) is 61.8 Å². The van der Waals surface area contributed by atoms with Crippen LogP contribution in [0, 0.1) is 0 Å². The molecule has 0 aliphatic carbocycles. The first-order valence-electron chi connectivity index (χ1n) is 27.2. The molecule has 0 aromatic carbocycles. The summed E-state index contributed by atoms with van der Waals surface area (Å²) in [5, 5.41) is 0. The fourth-order valence-corrected chi connectivity index (χ4v) is 8.21. The van der Waals surface area contributed by atoms with E-state index in [0.717, 1.165) is 32.1 Å². The summed E-state index contributed by atoms with van der Waals surface area (Å²) in [6.45, 7) is 7.88. The second kappa shape index (κ2) is 52.0. The number of hydrogen-bond donors (Lipinski definition) is 0. The monoisotopic (exact) mass is 847 g/mol. The number of ether oxygens (including phenoxy) is 3. The van der Waals surface area contributed by atoms with E-state index in [2.05, 4.69) is 32.9 Å². The quantitative estimate of drug-likeness (QED) is 0.0347. The van der Waals surface area contributed by atoms with Crippen molar-refractivity contribution in [1.29, 1.82) is 0 Å². The number of hydrogen-bond acceptors (Lipinski definition) is 5. The first-order chi connectivity index (χ1) is 29.6. The summed E-state index contributed by atoms with van der Waals surface area (Å²) < 4.78 is 17.4. The van der Waals surface area contributed by atoms with Gasteiger partial charge in [0.05, 0.1) is 6.61 Å². The second-order valence-corrected chi connectivity index (χ2v) is 18.5. The molecule has 1 atom stereocenters. The molecule has 0 aromatic rings. The van der Waals surface area contributed by atoms with Gasteiger partial charge in [-0.1, -0.05) is 258 Å². The van der Waals surface area contributed by atoms with E-state index < -0.39 is 6.10 Å². The largest absolute Gasteiger partial charge is 0.462 e. The summed E-state index contributed by atoms with van der Waals surface area (Å²) in [6, 6.07) is 0. The third-order valence-corrected chi connectivity index (χ3v) is 12.3. The minimum absolute atomic E-state index is 0.0925. The van der Waals surface area contributed by atoms with Gasteiger partial charge in [0.15, 0.2) is 6.10 Å². The fraction of sp³-hybridized carbons (Fsp3) is 0.927. The molecule has 0 aliphatic rings. The maximum atomic E-state index is 12.8. The predicted octanol–water partition coefficient (Wildman–Crippen LogP) is 18.2. The number of unbranched alkanes of at least 4 members (excludes halogenated alkanes) is 38. The van der Waals surface area contributed by atoms with Gasteiger partial charge in [0.2, 0.25) is 0 Å². The third kappa shape index (κ3) is 49.3. The molecule has 0 fully saturated rings. The molecule has 5 nitrogen and oxygen atoms in total. The predicted molar refractivity (Wildman–Crippen MR) is 261 cm³/mol. The van der Waals surface area contributed by atoms with Gasteiger partial charge in [-0.3, -0.25) is 9.59 Å². The lowest BCUT2D eigenvalue weighted by Gasteiger charge is -2.18. The van der Waals surface area contributed by atoms with E-state index in [1.54, 1.807) is 0 Å². The van der Waals surface area contributed by atoms with Gasteiger partial charge in [-0.2, -0.15) is 0 Å². The maximum absolute atomic E-state index is 12.8. The molecule has 0 radical (unpaired) electrons. The molecule has 0 N–H and O–H groups in total. The summed E-state index contributed by atoms with van der Waals surface area (Å²) in [5.74, 6) is -0.380. The zero-order valence-corrected chi connectivity index (χ0v) is 41.0. The Morgan fingerprint density at radius 1 is 0.350 bits per heavy atom. The van der Waals surface area contributed by atoms with Crippen molar-refractivity contribution in [3.63, 3.8) is 0 Å². The Morgan fingerprint density at radius 3 is 1.02 bits per heavy atom. The van der Waals surface area contributed by atoms with Crippen molar-refractivity contribution in [2.24, 2.45) is 0 Å². The van der Waals surface area contributed by atoms with E-state index in [4.69, 9.17) is 14.2 Å². The normalized spacial score (nSPS) is 12.1. The highest BCUT2D eigenvalue weighted by molar-refractivity contribution is 5.70. The molecule has 1 unspecified atom stereocenters. The zero-order valence-electron chi connectivity index (χ0n) is 41.0. The van der Waals surface area contributed by atoms with Gasteiger partial charge in [-0.25, -0.2) is 0 Å². The van der Waals surface area contributed by atoms with Gasteiger partial charge in [0.25, 0.3) is 0 Å². The highest BCUT2D eigenvalue weighted by Gasteiger charge is 2.17. The molecule has 0 spiro atoms. The van der Waals surface area contributed by atoms with Crippen LogP contribution >= 0.6 is 0 Å². The van der Waals surface area contributed by atoms with Gasteiger partial charge in [-0.05, 0) is 44.9 Å². The molecule has 0 aromatic heterocycles. The standard InChI is InChI=1S/C55H106O5/c1-4-7-10-13-16-19-22-24-26-28-29-31-34-36-39-42-45-48-54(56)59-52-53(60-55(57)49-46-43-40-37-33-21-18-15-12-9-6-3)51-58-50-47-44-41-38-35-32-30-27-25-23-20-17-14-11-8-5-2/h24,26,53H,4-23,25,27-52H2,1-3H3/b26-24-. The molecule has 60 heavy (non-hydrogen) atoms. The van der Waals surface area contributed by atoms with Gasteiger partial charge < -0.3 is 14.2 Å². The molecule has 0 amide bonds. The Morgan fingerprint density at radius 2 is 0.650 bits per heavy atom. The lowest BCUT2D eigenvalue weighted by molar-refractivity contribution is -0.163. The van der Waals surface area contributed by atoms with Crippen LogP contribution in [0.1, 0.15) is 303 Å². The molecule has 0 saturated heterocycles. The smallest absolute Gasteiger partial charge is 0.306 e. The Labute approximate surface area is 375 Å². The van der Waals surface area contributed by atoms with Crippen LogP contribution in [0.4, 0.5) is 0 Å². The van der Waals surface area contributed by atoms with E-state index in [-0.39, 0.29) is 18.5 Å². The van der Waals surface area contributed by atoms with Crippen molar-refractivity contribution >= 4 is 11.9 Å². The summed E-state index contributed by atoms with van der Waals surface area (Å²) in [7, 11) is 0. The fourth-order valence-electron chi connectivity index (χ4n) is 8.21. The van der Waals surface area contributed by atoms with Crippen molar-refractivity contribution in [3.8, 4) is 0 Å². The van der Waals surface area contributed by atoms with Crippen LogP contribution in [0.2, 0.25) is 0 Å². The number of esters is 2. The molecule has 0 saturated carbocycles. The molecule has 0 rings (SSSR count). The third-order valence-electron chi connectivity index (χ3n) is 12.3. The Bertz CT molecular complexity index is 871. The second-order valence-electron chi connectivity index (χ2n) is 18.5. The molecule has 0 bridgehead atoms. The zero-order chi connectivity index (χ0) is 43.5. The van der Waals surface area contributed by atoms with Gasteiger partial charge in [0, 0.05) is 19.4 Å². The highest BCUT2D eigenvalue weighted by Crippen LogP contribution is 2.16. The Kier molecular flexibility index (Phi) is 50.8. The first-order valence-corrected chi connectivity index (χ1v) is 27.2. The van der Waals surface area contributed by atoms with Crippen LogP contribution < -0.4 is 0 Å². The minimum Gasteiger partial charge on any atom is -0.462 e. The van der Waals surface area contributed by atoms with E-state index >= 15 is 0 Å². The Balaban J connectivity index is 4.17. The number of allylic oxidation sites excluding steroid dienone is 2. The molecule has 0 heterocycles. The molecule has 5 heteroatoms. The Hall–Kier alpha value is -1.36. The number of carbonyl (C=O) groups is 2. The highest BCUT2D eigenvalue weighted by atomic mass is 16.6. The van der Waals surface area contributed by atoms with Crippen LogP contribution in [0.25, 0.3) is 0 Å². The van der Waals surface area contributed by atoms with Crippen LogP contribution in [0.3, 0.4) is 0 Å². The van der Waals surface area contributed by atoms with Crippen molar-refractivity contribution in [3.05, 3.63) is 12.2 Å². The number of carbonyl (C=O) groups excluding carboxylic acids is 2.